The number of rotatable bonds is 2. The first kappa shape index (κ1) is 18.1. The Hall–Kier alpha value is -1.27. The van der Waals surface area contributed by atoms with Crippen LogP contribution < -0.4 is 10.9 Å². The van der Waals surface area contributed by atoms with Gasteiger partial charge in [-0.2, -0.15) is 13.2 Å². The number of hydrogen-bond donors (Lipinski definition) is 2. The lowest BCUT2D eigenvalue weighted by Gasteiger charge is -2.55. The largest absolute Gasteiger partial charge is 0.392 e. The van der Waals surface area contributed by atoms with Crippen molar-refractivity contribution in [2.24, 2.45) is 35.0 Å². The molecule has 5 rings (SSSR count). The molecule has 2 atom stereocenters. The molecule has 2 amide bonds. The molecule has 5 fully saturated rings. The van der Waals surface area contributed by atoms with Crippen LogP contribution in [-0.4, -0.2) is 18.0 Å². The summed E-state index contributed by atoms with van der Waals surface area (Å²) in [5, 5.41) is 0. The van der Waals surface area contributed by atoms with E-state index in [4.69, 9.17) is 0 Å². The Morgan fingerprint density at radius 3 is 1.92 bits per heavy atom. The van der Waals surface area contributed by atoms with Gasteiger partial charge in [-0.1, -0.05) is 12.8 Å². The second kappa shape index (κ2) is 6.41. The number of amides is 2. The molecule has 0 aromatic carbocycles. The van der Waals surface area contributed by atoms with Gasteiger partial charge in [0.05, 0.1) is 17.3 Å². The van der Waals surface area contributed by atoms with Crippen molar-refractivity contribution in [1.29, 1.82) is 0 Å². The lowest BCUT2D eigenvalue weighted by atomic mass is 9.49. The minimum Gasteiger partial charge on any atom is -0.273 e. The molecule has 0 aliphatic heterocycles. The minimum atomic E-state index is -4.37. The van der Waals surface area contributed by atoms with Crippen molar-refractivity contribution >= 4 is 11.8 Å². The van der Waals surface area contributed by atoms with Gasteiger partial charge in [0.15, 0.2) is 0 Å². The van der Waals surface area contributed by atoms with Crippen molar-refractivity contribution in [3.05, 3.63) is 0 Å². The van der Waals surface area contributed by atoms with Crippen molar-refractivity contribution < 1.29 is 22.8 Å². The predicted molar refractivity (Wildman–Crippen MR) is 88.4 cm³/mol. The zero-order chi connectivity index (χ0) is 18.5. The molecule has 2 N–H and O–H groups in total. The molecule has 0 saturated heterocycles. The Balaban J connectivity index is 1.37. The van der Waals surface area contributed by atoms with Crippen LogP contribution in [0.5, 0.6) is 0 Å². The molecule has 4 nitrogen and oxygen atoms in total. The zero-order valence-electron chi connectivity index (χ0n) is 14.9. The molecule has 4 bridgehead atoms. The summed E-state index contributed by atoms with van der Waals surface area (Å²) < 4.78 is 39.6. The smallest absolute Gasteiger partial charge is 0.273 e. The van der Waals surface area contributed by atoms with E-state index in [0.717, 1.165) is 19.3 Å². The van der Waals surface area contributed by atoms with E-state index in [-0.39, 0.29) is 18.7 Å². The van der Waals surface area contributed by atoms with Crippen molar-refractivity contribution in [1.82, 2.24) is 10.9 Å². The minimum absolute atomic E-state index is 0.00941. The molecular formula is C19H27F3N2O2. The normalized spacial score (nSPS) is 41.7. The van der Waals surface area contributed by atoms with Crippen LogP contribution in [-0.2, 0) is 9.59 Å². The molecule has 5 saturated carbocycles. The maximum Gasteiger partial charge on any atom is 0.392 e. The van der Waals surface area contributed by atoms with Gasteiger partial charge in [0, 0.05) is 0 Å². The maximum absolute atomic E-state index is 13.2. The van der Waals surface area contributed by atoms with E-state index in [1.165, 1.54) is 19.3 Å². The summed E-state index contributed by atoms with van der Waals surface area (Å²) in [6, 6.07) is 0. The van der Waals surface area contributed by atoms with Crippen molar-refractivity contribution in [3.8, 4) is 0 Å². The number of halogens is 3. The Morgan fingerprint density at radius 1 is 0.846 bits per heavy atom. The average Bonchev–Trinajstić information content (AvgIpc) is 2.57. The fourth-order valence-corrected chi connectivity index (χ4v) is 6.57. The van der Waals surface area contributed by atoms with Crippen LogP contribution in [0, 0.1) is 35.0 Å². The molecule has 5 aliphatic carbocycles. The summed E-state index contributed by atoms with van der Waals surface area (Å²) in [7, 11) is 0. The monoisotopic (exact) mass is 372 g/mol. The molecule has 5 aliphatic rings. The summed E-state index contributed by atoms with van der Waals surface area (Å²) in [6.45, 7) is 0. The molecule has 0 aromatic heterocycles. The summed E-state index contributed by atoms with van der Waals surface area (Å²) in [4.78, 5) is 25.2. The first-order valence-electron chi connectivity index (χ1n) is 9.94. The fraction of sp³-hybridized carbons (Fsp3) is 0.895. The van der Waals surface area contributed by atoms with Crippen LogP contribution in [0.2, 0.25) is 0 Å². The Labute approximate surface area is 151 Å². The van der Waals surface area contributed by atoms with Gasteiger partial charge in [0.1, 0.15) is 0 Å². The van der Waals surface area contributed by atoms with E-state index in [1.807, 2.05) is 0 Å². The Bertz CT molecular complexity index is 555. The molecule has 7 heteroatoms. The van der Waals surface area contributed by atoms with Crippen LogP contribution in [0.25, 0.3) is 0 Å². The number of carbonyl (C=O) groups is 2. The molecule has 0 aromatic rings. The van der Waals surface area contributed by atoms with Crippen LogP contribution in [0.4, 0.5) is 13.2 Å². The molecule has 146 valence electrons. The average molecular weight is 372 g/mol. The van der Waals surface area contributed by atoms with Crippen molar-refractivity contribution in [3.63, 3.8) is 0 Å². The first-order valence-corrected chi connectivity index (χ1v) is 9.94. The number of carbonyl (C=O) groups excluding carboxylic acids is 2. The third-order valence-electron chi connectivity index (χ3n) is 7.34. The third-order valence-corrected chi connectivity index (χ3v) is 7.34. The van der Waals surface area contributed by atoms with Crippen LogP contribution in [0.1, 0.15) is 64.2 Å². The number of nitrogens with one attached hydrogen (secondary N) is 2. The predicted octanol–water partition coefficient (Wildman–Crippen LogP) is 3.72. The number of hydrazine groups is 1. The second-order valence-electron chi connectivity index (χ2n) is 9.18. The van der Waals surface area contributed by atoms with Gasteiger partial charge in [-0.25, -0.2) is 0 Å². The number of alkyl halides is 3. The number of hydrogen-bond acceptors (Lipinski definition) is 2. The molecule has 0 heterocycles. The van der Waals surface area contributed by atoms with Gasteiger partial charge in [-0.3, -0.25) is 20.4 Å². The van der Waals surface area contributed by atoms with Gasteiger partial charge < -0.3 is 0 Å². The SMILES string of the molecule is O=C(NNC(=O)C12CC3CC(CC(C3)C1)C2)[C@@H]1CCCC[C@@H]1C(F)(F)F. The lowest BCUT2D eigenvalue weighted by Crippen LogP contribution is -2.58. The third kappa shape index (κ3) is 3.22. The molecular weight excluding hydrogens is 345 g/mol. The Morgan fingerprint density at radius 2 is 1.38 bits per heavy atom. The highest BCUT2D eigenvalue weighted by atomic mass is 19.4. The summed E-state index contributed by atoms with van der Waals surface area (Å²) in [6.07, 6.45) is 3.14. The topological polar surface area (TPSA) is 58.2 Å². The summed E-state index contributed by atoms with van der Waals surface area (Å²) >= 11 is 0. The van der Waals surface area contributed by atoms with Crippen LogP contribution in [0.3, 0.4) is 0 Å². The molecule has 0 spiro atoms. The van der Waals surface area contributed by atoms with Gasteiger partial charge in [-0.15, -0.1) is 0 Å². The standard InChI is InChI=1S/C19H27F3N2O2/c20-19(21,22)15-4-2-1-3-14(15)16(25)23-24-17(26)18-8-11-5-12(9-18)7-13(6-11)10-18/h11-15H,1-10H2,(H,23,25)(H,24,26)/t11?,12?,13?,14-,15+,18?/m1/s1. The van der Waals surface area contributed by atoms with E-state index in [0.29, 0.717) is 30.6 Å². The van der Waals surface area contributed by atoms with E-state index in [1.54, 1.807) is 0 Å². The zero-order valence-corrected chi connectivity index (χ0v) is 14.9. The van der Waals surface area contributed by atoms with Crippen LogP contribution >= 0.6 is 0 Å². The van der Waals surface area contributed by atoms with E-state index in [9.17, 15) is 22.8 Å². The first-order chi connectivity index (χ1) is 12.3. The van der Waals surface area contributed by atoms with Gasteiger partial charge in [0.25, 0.3) is 0 Å². The molecule has 0 unspecified atom stereocenters. The van der Waals surface area contributed by atoms with Gasteiger partial charge >= 0.3 is 6.18 Å². The summed E-state index contributed by atoms with van der Waals surface area (Å²) in [5.74, 6) is -1.80. The van der Waals surface area contributed by atoms with E-state index < -0.39 is 29.3 Å². The summed E-state index contributed by atoms with van der Waals surface area (Å²) in [5.41, 5.74) is 4.43. The maximum atomic E-state index is 13.2. The van der Waals surface area contributed by atoms with Crippen molar-refractivity contribution in [2.75, 3.05) is 0 Å². The highest BCUT2D eigenvalue weighted by Gasteiger charge is 2.55. The van der Waals surface area contributed by atoms with E-state index >= 15 is 0 Å². The molecule has 0 radical (unpaired) electrons. The highest BCUT2D eigenvalue weighted by Crippen LogP contribution is 2.60. The van der Waals surface area contributed by atoms with E-state index in [2.05, 4.69) is 10.9 Å². The fourth-order valence-electron chi connectivity index (χ4n) is 6.57. The lowest BCUT2D eigenvalue weighted by molar-refractivity contribution is -0.198. The quantitative estimate of drug-likeness (QED) is 0.726. The molecule has 26 heavy (non-hydrogen) atoms. The Kier molecular flexibility index (Phi) is 4.47. The van der Waals surface area contributed by atoms with Gasteiger partial charge in [0.2, 0.25) is 11.8 Å². The highest BCUT2D eigenvalue weighted by molar-refractivity contribution is 5.87. The van der Waals surface area contributed by atoms with Crippen LogP contribution in [0.15, 0.2) is 0 Å². The van der Waals surface area contributed by atoms with Crippen molar-refractivity contribution in [2.45, 2.75) is 70.4 Å². The van der Waals surface area contributed by atoms with Gasteiger partial charge in [-0.05, 0) is 69.1 Å². The second-order valence-corrected chi connectivity index (χ2v) is 9.18.